The summed E-state index contributed by atoms with van der Waals surface area (Å²) in [4.78, 5) is 18.8. The number of hydrogen-bond acceptors (Lipinski definition) is 6. The van der Waals surface area contributed by atoms with Crippen LogP contribution < -0.4 is 10.5 Å². The zero-order valence-corrected chi connectivity index (χ0v) is 14.6. The molecule has 0 amide bonds. The molecule has 2 N–H and O–H groups in total. The van der Waals surface area contributed by atoms with Crippen molar-refractivity contribution in [2.45, 2.75) is 13.0 Å². The van der Waals surface area contributed by atoms with Gasteiger partial charge in [0.2, 0.25) is 5.88 Å². The largest absolute Gasteiger partial charge is 0.439 e. The molecule has 1 aromatic heterocycles. The standard InChI is InChI=1S/C19H21N5O2/c1-21-12-16(5-8-20)13-22-14-17-4-3-15(7-10-25)11-18(17)26-19-6-9-23-24(19)2/h3-4,6-7,9,11-13H,1,5,8,14,20H2,2H3/b16-12-,22-13?. The maximum absolute atomic E-state index is 10.6. The van der Waals surface area contributed by atoms with E-state index in [1.807, 2.05) is 12.1 Å². The first-order valence-corrected chi connectivity index (χ1v) is 8.02. The number of ether oxygens (including phenoxy) is 1. The lowest BCUT2D eigenvalue weighted by Gasteiger charge is -2.11. The molecule has 0 spiro atoms. The van der Waals surface area contributed by atoms with E-state index < -0.39 is 0 Å². The summed E-state index contributed by atoms with van der Waals surface area (Å²) in [5, 5.41) is 4.08. The average molecular weight is 351 g/mol. The first kappa shape index (κ1) is 19.1. The van der Waals surface area contributed by atoms with Gasteiger partial charge in [-0.3, -0.25) is 9.98 Å². The fraction of sp³-hybridized carbons (Fsp3) is 0.211. The molecular formula is C19H21N5O2. The van der Waals surface area contributed by atoms with Crippen LogP contribution >= 0.6 is 0 Å². The minimum Gasteiger partial charge on any atom is -0.439 e. The molecule has 7 heteroatoms. The number of hydrogen-bond donors (Lipinski definition) is 1. The Kier molecular flexibility index (Phi) is 7.24. The van der Waals surface area contributed by atoms with Crippen LogP contribution in [0.15, 0.2) is 52.2 Å². The summed E-state index contributed by atoms with van der Waals surface area (Å²) in [5.74, 6) is 2.96. The fourth-order valence-corrected chi connectivity index (χ4v) is 2.24. The molecule has 0 aliphatic carbocycles. The van der Waals surface area contributed by atoms with Crippen molar-refractivity contribution in [1.82, 2.24) is 9.78 Å². The Hall–Kier alpha value is -3.28. The molecule has 0 radical (unpaired) electrons. The van der Waals surface area contributed by atoms with Gasteiger partial charge in [-0.25, -0.2) is 9.48 Å². The Labute approximate surface area is 152 Å². The van der Waals surface area contributed by atoms with Crippen LogP contribution in [0.4, 0.5) is 0 Å². The fourth-order valence-electron chi connectivity index (χ4n) is 2.24. The van der Waals surface area contributed by atoms with E-state index in [1.165, 1.54) is 6.08 Å². The molecule has 1 aromatic carbocycles. The van der Waals surface area contributed by atoms with Gasteiger partial charge >= 0.3 is 0 Å². The zero-order valence-electron chi connectivity index (χ0n) is 14.6. The summed E-state index contributed by atoms with van der Waals surface area (Å²) in [6.45, 7) is 4.36. The van der Waals surface area contributed by atoms with E-state index in [0.717, 1.165) is 11.1 Å². The molecule has 0 unspecified atom stereocenters. The van der Waals surface area contributed by atoms with Gasteiger partial charge in [0.05, 0.1) is 12.7 Å². The van der Waals surface area contributed by atoms with Gasteiger partial charge in [0.25, 0.3) is 0 Å². The number of nitrogens with two attached hydrogens (primary N) is 1. The highest BCUT2D eigenvalue weighted by atomic mass is 16.5. The maximum atomic E-state index is 10.6. The van der Waals surface area contributed by atoms with E-state index in [9.17, 15) is 4.79 Å². The summed E-state index contributed by atoms with van der Waals surface area (Å²) < 4.78 is 7.55. The summed E-state index contributed by atoms with van der Waals surface area (Å²) in [6.07, 6.45) is 7.04. The molecule has 2 rings (SSSR count). The number of rotatable bonds is 9. The minimum atomic E-state index is 0.400. The van der Waals surface area contributed by atoms with Crippen molar-refractivity contribution in [3.8, 4) is 11.6 Å². The molecule has 1 heterocycles. The van der Waals surface area contributed by atoms with Crippen molar-refractivity contribution in [3.63, 3.8) is 0 Å². The smallest absolute Gasteiger partial charge is 0.217 e. The lowest BCUT2D eigenvalue weighted by atomic mass is 10.1. The average Bonchev–Trinajstić information content (AvgIpc) is 3.02. The molecule has 0 saturated carbocycles. The number of benzene rings is 1. The van der Waals surface area contributed by atoms with E-state index in [-0.39, 0.29) is 0 Å². The zero-order chi connectivity index (χ0) is 18.8. The van der Waals surface area contributed by atoms with Gasteiger partial charge < -0.3 is 10.5 Å². The molecule has 134 valence electrons. The van der Waals surface area contributed by atoms with Crippen LogP contribution in [-0.2, 0) is 18.4 Å². The minimum absolute atomic E-state index is 0.400. The number of carbonyl (C=O) groups excluding carboxylic acids is 1. The van der Waals surface area contributed by atoms with Gasteiger partial charge in [0.1, 0.15) is 11.7 Å². The molecule has 0 saturated heterocycles. The van der Waals surface area contributed by atoms with Gasteiger partial charge in [-0.2, -0.15) is 5.10 Å². The second-order valence-corrected chi connectivity index (χ2v) is 5.42. The SMILES string of the molecule is C=N/C=C(\C=NCc1ccc(C=C=O)cc1Oc1ccnn1C)CCN. The van der Waals surface area contributed by atoms with E-state index in [2.05, 4.69) is 21.8 Å². The topological polar surface area (TPSA) is 94.9 Å². The van der Waals surface area contributed by atoms with Crippen LogP contribution in [0.5, 0.6) is 11.6 Å². The maximum Gasteiger partial charge on any atom is 0.217 e. The third-order valence-electron chi connectivity index (χ3n) is 3.52. The lowest BCUT2D eigenvalue weighted by molar-refractivity contribution is 0.426. The highest BCUT2D eigenvalue weighted by Crippen LogP contribution is 2.27. The number of aryl methyl sites for hydroxylation is 1. The van der Waals surface area contributed by atoms with Crippen molar-refractivity contribution in [2.75, 3.05) is 6.54 Å². The summed E-state index contributed by atoms with van der Waals surface area (Å²) in [6, 6.07) is 7.20. The molecule has 2 aromatic rings. The van der Waals surface area contributed by atoms with E-state index in [4.69, 9.17) is 10.5 Å². The van der Waals surface area contributed by atoms with Crippen LogP contribution in [0.2, 0.25) is 0 Å². The van der Waals surface area contributed by atoms with Crippen LogP contribution in [0.3, 0.4) is 0 Å². The highest BCUT2D eigenvalue weighted by Gasteiger charge is 2.08. The molecular weight excluding hydrogens is 330 g/mol. The van der Waals surface area contributed by atoms with E-state index in [1.54, 1.807) is 48.4 Å². The summed E-state index contributed by atoms with van der Waals surface area (Å²) in [7, 11) is 1.79. The van der Waals surface area contributed by atoms with Crippen molar-refractivity contribution in [1.29, 1.82) is 0 Å². The summed E-state index contributed by atoms with van der Waals surface area (Å²) >= 11 is 0. The van der Waals surface area contributed by atoms with Crippen molar-refractivity contribution >= 4 is 24.9 Å². The molecule has 0 aliphatic rings. The van der Waals surface area contributed by atoms with E-state index >= 15 is 0 Å². The molecule has 0 atom stereocenters. The van der Waals surface area contributed by atoms with Crippen molar-refractivity contribution in [3.05, 3.63) is 53.4 Å². The Morgan fingerprint density at radius 1 is 1.46 bits per heavy atom. The molecule has 0 aliphatic heterocycles. The van der Waals surface area contributed by atoms with Gasteiger partial charge in [0, 0.05) is 37.2 Å². The quantitative estimate of drug-likeness (QED) is 0.555. The van der Waals surface area contributed by atoms with Gasteiger partial charge in [0.15, 0.2) is 0 Å². The van der Waals surface area contributed by atoms with Crippen LogP contribution in [0.1, 0.15) is 17.5 Å². The van der Waals surface area contributed by atoms with Crippen molar-refractivity contribution < 1.29 is 9.53 Å². The van der Waals surface area contributed by atoms with Crippen LogP contribution in [0, 0.1) is 0 Å². The summed E-state index contributed by atoms with van der Waals surface area (Å²) in [5.41, 5.74) is 8.04. The first-order chi connectivity index (χ1) is 12.7. The Bertz CT molecular complexity index is 861. The molecule has 7 nitrogen and oxygen atoms in total. The van der Waals surface area contributed by atoms with Crippen LogP contribution in [-0.4, -0.2) is 35.2 Å². The second kappa shape index (κ2) is 9.88. The molecule has 0 bridgehead atoms. The van der Waals surface area contributed by atoms with Gasteiger partial charge in [-0.15, -0.1) is 0 Å². The number of aliphatic imine (C=N–C) groups is 2. The third-order valence-corrected chi connectivity index (χ3v) is 3.52. The molecule has 0 fully saturated rings. The Morgan fingerprint density at radius 3 is 2.96 bits per heavy atom. The predicted octanol–water partition coefficient (Wildman–Crippen LogP) is 2.56. The van der Waals surface area contributed by atoms with Crippen molar-refractivity contribution in [2.24, 2.45) is 22.8 Å². The van der Waals surface area contributed by atoms with Gasteiger partial charge in [-0.05, 0) is 36.9 Å². The molecule has 26 heavy (non-hydrogen) atoms. The monoisotopic (exact) mass is 351 g/mol. The van der Waals surface area contributed by atoms with Gasteiger partial charge in [-0.1, -0.05) is 12.1 Å². The normalized spacial score (nSPS) is 11.4. The number of aromatic nitrogens is 2. The first-order valence-electron chi connectivity index (χ1n) is 8.02. The Morgan fingerprint density at radius 2 is 2.31 bits per heavy atom. The second-order valence-electron chi connectivity index (χ2n) is 5.42. The lowest BCUT2D eigenvalue weighted by Crippen LogP contribution is -2.01. The highest BCUT2D eigenvalue weighted by molar-refractivity contribution is 5.78. The number of nitrogens with zero attached hydrogens (tertiary/aromatic N) is 4. The van der Waals surface area contributed by atoms with Crippen LogP contribution in [0.25, 0.3) is 6.08 Å². The third kappa shape index (κ3) is 5.37. The predicted molar refractivity (Wildman–Crippen MR) is 103 cm³/mol. The Balaban J connectivity index is 2.26. The van der Waals surface area contributed by atoms with E-state index in [0.29, 0.717) is 36.7 Å².